The molecule has 3 rings (SSSR count). The van der Waals surface area contributed by atoms with Crippen LogP contribution < -0.4 is 5.32 Å². The second-order valence-electron chi connectivity index (χ2n) is 6.19. The summed E-state index contributed by atoms with van der Waals surface area (Å²) >= 11 is 0. The number of hydrogen-bond acceptors (Lipinski definition) is 2. The molecule has 1 unspecified atom stereocenters. The summed E-state index contributed by atoms with van der Waals surface area (Å²) < 4.78 is 5.57. The van der Waals surface area contributed by atoms with Gasteiger partial charge in [-0.25, -0.2) is 0 Å². The Morgan fingerprint density at radius 1 is 1.33 bits per heavy atom. The molecule has 1 heterocycles. The van der Waals surface area contributed by atoms with Crippen LogP contribution in [0.15, 0.2) is 16.7 Å². The van der Waals surface area contributed by atoms with Crippen molar-refractivity contribution in [3.63, 3.8) is 0 Å². The van der Waals surface area contributed by atoms with Crippen molar-refractivity contribution >= 4 is 0 Å². The second kappa shape index (κ2) is 5.08. The fourth-order valence-corrected chi connectivity index (χ4v) is 3.82. The van der Waals surface area contributed by atoms with Crippen molar-refractivity contribution in [3.05, 3.63) is 23.7 Å². The van der Waals surface area contributed by atoms with E-state index in [-0.39, 0.29) is 0 Å². The molecule has 0 bridgehead atoms. The molecule has 2 nitrogen and oxygen atoms in total. The van der Waals surface area contributed by atoms with Crippen LogP contribution in [0.4, 0.5) is 0 Å². The van der Waals surface area contributed by atoms with Gasteiger partial charge >= 0.3 is 0 Å². The van der Waals surface area contributed by atoms with Crippen LogP contribution in [-0.2, 0) is 6.42 Å². The van der Waals surface area contributed by atoms with E-state index in [1.807, 2.05) is 6.26 Å². The maximum atomic E-state index is 5.57. The van der Waals surface area contributed by atoms with Crippen LogP contribution in [-0.4, -0.2) is 6.54 Å². The number of fused-ring (bicyclic) bond motifs is 1. The summed E-state index contributed by atoms with van der Waals surface area (Å²) in [5.74, 6) is 1.22. The molecule has 1 aromatic rings. The maximum absolute atomic E-state index is 5.57. The Labute approximate surface area is 110 Å². The largest absolute Gasteiger partial charge is 0.469 e. The first-order valence-electron chi connectivity index (χ1n) is 7.63. The molecule has 0 aromatic carbocycles. The Morgan fingerprint density at radius 3 is 2.94 bits per heavy atom. The standard InChI is InChI=1S/C16H25NO/c1-2-16(9-3-4-10-16)12-17-14-6-5-7-15-13(14)8-11-18-15/h8,11,14,17H,2-7,9-10,12H2,1H3. The average molecular weight is 247 g/mol. The monoisotopic (exact) mass is 247 g/mol. The van der Waals surface area contributed by atoms with E-state index in [0.717, 1.165) is 6.42 Å². The molecule has 100 valence electrons. The quantitative estimate of drug-likeness (QED) is 0.862. The summed E-state index contributed by atoms with van der Waals surface area (Å²) in [4.78, 5) is 0. The minimum Gasteiger partial charge on any atom is -0.469 e. The van der Waals surface area contributed by atoms with Gasteiger partial charge in [0.2, 0.25) is 0 Å². The molecule has 2 aliphatic carbocycles. The molecular weight excluding hydrogens is 222 g/mol. The zero-order valence-corrected chi connectivity index (χ0v) is 11.5. The smallest absolute Gasteiger partial charge is 0.108 e. The number of hydrogen-bond donors (Lipinski definition) is 1. The number of furan rings is 1. The highest BCUT2D eigenvalue weighted by atomic mass is 16.3. The third-order valence-electron chi connectivity index (χ3n) is 5.19. The molecule has 2 heteroatoms. The van der Waals surface area contributed by atoms with Gasteiger partial charge in [0, 0.05) is 24.6 Å². The van der Waals surface area contributed by atoms with Gasteiger partial charge in [0.15, 0.2) is 0 Å². The lowest BCUT2D eigenvalue weighted by molar-refractivity contribution is 0.248. The predicted octanol–water partition coefficient (Wildman–Crippen LogP) is 4.22. The lowest BCUT2D eigenvalue weighted by Crippen LogP contribution is -2.35. The van der Waals surface area contributed by atoms with Gasteiger partial charge in [-0.15, -0.1) is 0 Å². The second-order valence-corrected chi connectivity index (χ2v) is 6.19. The minimum atomic E-state index is 0.538. The molecule has 0 radical (unpaired) electrons. The molecule has 1 N–H and O–H groups in total. The SMILES string of the molecule is CCC1(CNC2CCCc3occc32)CCCC1. The van der Waals surface area contributed by atoms with Gasteiger partial charge in [0.25, 0.3) is 0 Å². The van der Waals surface area contributed by atoms with E-state index < -0.39 is 0 Å². The number of aryl methyl sites for hydroxylation is 1. The average Bonchev–Trinajstić information content (AvgIpc) is 3.06. The van der Waals surface area contributed by atoms with E-state index in [4.69, 9.17) is 4.42 Å². The molecule has 0 saturated heterocycles. The van der Waals surface area contributed by atoms with Gasteiger partial charge in [-0.05, 0) is 43.6 Å². The van der Waals surface area contributed by atoms with Crippen LogP contribution in [0.3, 0.4) is 0 Å². The molecule has 1 atom stereocenters. The van der Waals surface area contributed by atoms with Crippen LogP contribution in [0.2, 0.25) is 0 Å². The lowest BCUT2D eigenvalue weighted by Gasteiger charge is -2.32. The summed E-state index contributed by atoms with van der Waals surface area (Å²) in [5, 5.41) is 3.84. The van der Waals surface area contributed by atoms with E-state index in [1.165, 1.54) is 62.8 Å². The Balaban J connectivity index is 1.64. The van der Waals surface area contributed by atoms with Crippen molar-refractivity contribution in [3.8, 4) is 0 Å². The van der Waals surface area contributed by atoms with Crippen molar-refractivity contribution in [1.82, 2.24) is 5.32 Å². The summed E-state index contributed by atoms with van der Waals surface area (Å²) in [5.41, 5.74) is 2.01. The van der Waals surface area contributed by atoms with Crippen molar-refractivity contribution in [2.75, 3.05) is 6.54 Å². The van der Waals surface area contributed by atoms with Crippen molar-refractivity contribution in [2.45, 2.75) is 64.3 Å². The molecule has 1 aromatic heterocycles. The summed E-state index contributed by atoms with van der Waals surface area (Å²) in [6.45, 7) is 3.55. The van der Waals surface area contributed by atoms with Crippen LogP contribution in [0.5, 0.6) is 0 Å². The van der Waals surface area contributed by atoms with Crippen LogP contribution in [0, 0.1) is 5.41 Å². The molecule has 1 saturated carbocycles. The lowest BCUT2D eigenvalue weighted by atomic mass is 9.82. The van der Waals surface area contributed by atoms with Gasteiger partial charge in [0.1, 0.15) is 5.76 Å². The highest BCUT2D eigenvalue weighted by molar-refractivity contribution is 5.24. The number of nitrogens with one attached hydrogen (secondary N) is 1. The zero-order valence-electron chi connectivity index (χ0n) is 11.5. The molecule has 0 spiro atoms. The van der Waals surface area contributed by atoms with E-state index in [9.17, 15) is 0 Å². The Kier molecular flexibility index (Phi) is 3.47. The third-order valence-corrected chi connectivity index (χ3v) is 5.19. The first-order valence-corrected chi connectivity index (χ1v) is 7.63. The number of rotatable bonds is 4. The summed E-state index contributed by atoms with van der Waals surface area (Å²) in [6.07, 6.45) is 12.5. The Bertz CT molecular complexity index is 390. The molecule has 0 aliphatic heterocycles. The molecular formula is C16H25NO. The fourth-order valence-electron chi connectivity index (χ4n) is 3.82. The van der Waals surface area contributed by atoms with Crippen molar-refractivity contribution in [1.29, 1.82) is 0 Å². The van der Waals surface area contributed by atoms with E-state index >= 15 is 0 Å². The van der Waals surface area contributed by atoms with Gasteiger partial charge in [-0.1, -0.05) is 19.8 Å². The molecule has 18 heavy (non-hydrogen) atoms. The highest BCUT2D eigenvalue weighted by Crippen LogP contribution is 2.41. The van der Waals surface area contributed by atoms with Crippen molar-refractivity contribution < 1.29 is 4.42 Å². The van der Waals surface area contributed by atoms with Gasteiger partial charge in [0.05, 0.1) is 6.26 Å². The topological polar surface area (TPSA) is 25.2 Å². The Morgan fingerprint density at radius 2 is 2.17 bits per heavy atom. The first kappa shape index (κ1) is 12.3. The van der Waals surface area contributed by atoms with E-state index in [1.54, 1.807) is 0 Å². The summed E-state index contributed by atoms with van der Waals surface area (Å²) in [7, 11) is 0. The molecule has 2 aliphatic rings. The normalized spacial score (nSPS) is 26.2. The molecule has 1 fully saturated rings. The molecule has 0 amide bonds. The van der Waals surface area contributed by atoms with Gasteiger partial charge < -0.3 is 9.73 Å². The van der Waals surface area contributed by atoms with Gasteiger partial charge in [-0.3, -0.25) is 0 Å². The van der Waals surface area contributed by atoms with Crippen LogP contribution in [0.1, 0.15) is 69.2 Å². The first-order chi connectivity index (χ1) is 8.83. The van der Waals surface area contributed by atoms with E-state index in [2.05, 4.69) is 18.3 Å². The van der Waals surface area contributed by atoms with Crippen molar-refractivity contribution in [2.24, 2.45) is 5.41 Å². The van der Waals surface area contributed by atoms with E-state index in [0.29, 0.717) is 11.5 Å². The summed E-state index contributed by atoms with van der Waals surface area (Å²) in [6, 6.07) is 2.70. The third kappa shape index (κ3) is 2.23. The minimum absolute atomic E-state index is 0.538. The zero-order chi connectivity index (χ0) is 12.4. The predicted molar refractivity (Wildman–Crippen MR) is 73.6 cm³/mol. The fraction of sp³-hybridized carbons (Fsp3) is 0.750. The Hall–Kier alpha value is -0.760. The highest BCUT2D eigenvalue weighted by Gasteiger charge is 2.33. The van der Waals surface area contributed by atoms with Crippen LogP contribution in [0.25, 0.3) is 0 Å². The van der Waals surface area contributed by atoms with Gasteiger partial charge in [-0.2, -0.15) is 0 Å². The van der Waals surface area contributed by atoms with Crippen LogP contribution >= 0.6 is 0 Å². The maximum Gasteiger partial charge on any atom is 0.108 e.